The molecule has 2 unspecified atom stereocenters. The van der Waals surface area contributed by atoms with E-state index in [2.05, 4.69) is 17.3 Å². The second kappa shape index (κ2) is 5.81. The third-order valence-electron chi connectivity index (χ3n) is 2.63. The second-order valence-electron chi connectivity index (χ2n) is 3.83. The summed E-state index contributed by atoms with van der Waals surface area (Å²) in [5.41, 5.74) is 3.01. The van der Waals surface area contributed by atoms with E-state index in [1.165, 1.54) is 11.3 Å². The summed E-state index contributed by atoms with van der Waals surface area (Å²) in [6, 6.07) is 0. The topological polar surface area (TPSA) is 77.2 Å². The number of hydrogen-bond acceptors (Lipinski definition) is 6. The first kappa shape index (κ1) is 12.8. The van der Waals surface area contributed by atoms with Gasteiger partial charge in [0.2, 0.25) is 0 Å². The molecule has 2 heterocycles. The molecule has 94 valence electrons. The Morgan fingerprint density at radius 3 is 3.29 bits per heavy atom. The zero-order valence-electron chi connectivity index (χ0n) is 9.51. The lowest BCUT2D eigenvalue weighted by Crippen LogP contribution is -2.29. The van der Waals surface area contributed by atoms with Crippen molar-refractivity contribution in [3.63, 3.8) is 0 Å². The molecule has 0 bridgehead atoms. The van der Waals surface area contributed by atoms with Crippen LogP contribution in [0.2, 0.25) is 0 Å². The van der Waals surface area contributed by atoms with Crippen LogP contribution in [0, 0.1) is 0 Å². The van der Waals surface area contributed by atoms with Crippen LogP contribution < -0.4 is 11.3 Å². The van der Waals surface area contributed by atoms with Crippen molar-refractivity contribution in [1.82, 2.24) is 10.4 Å². The molecule has 0 spiro atoms. The standard InChI is InChI=1S/C10H15N3O2S2/c1-6-8(2-3-15-6)16-4-7-5-17-10(12-7)9(14)13-11/h5-6,8H,2-4,11H2,1H3,(H,13,14). The molecule has 2 atom stereocenters. The molecule has 7 heteroatoms. The third kappa shape index (κ3) is 3.19. The van der Waals surface area contributed by atoms with Gasteiger partial charge in [0.1, 0.15) is 0 Å². The van der Waals surface area contributed by atoms with Gasteiger partial charge in [-0.15, -0.1) is 23.1 Å². The number of nitrogens with zero attached hydrogens (tertiary/aromatic N) is 1. The molecule has 1 aliphatic rings. The molecule has 1 aromatic heterocycles. The van der Waals surface area contributed by atoms with Gasteiger partial charge >= 0.3 is 0 Å². The molecule has 0 saturated carbocycles. The van der Waals surface area contributed by atoms with Gasteiger partial charge in [0.25, 0.3) is 5.91 Å². The minimum absolute atomic E-state index is 0.311. The summed E-state index contributed by atoms with van der Waals surface area (Å²) in [5.74, 6) is 5.53. The van der Waals surface area contributed by atoms with Crippen LogP contribution in [0.25, 0.3) is 0 Å². The van der Waals surface area contributed by atoms with Crippen molar-refractivity contribution in [3.05, 3.63) is 16.1 Å². The van der Waals surface area contributed by atoms with E-state index in [1.807, 2.05) is 17.1 Å². The summed E-state index contributed by atoms with van der Waals surface area (Å²) in [6.07, 6.45) is 1.40. The lowest BCUT2D eigenvalue weighted by atomic mass is 10.3. The number of nitrogens with one attached hydrogen (secondary N) is 1. The summed E-state index contributed by atoms with van der Waals surface area (Å²) < 4.78 is 5.50. The van der Waals surface area contributed by atoms with E-state index in [-0.39, 0.29) is 5.91 Å². The molecule has 0 aromatic carbocycles. The summed E-state index contributed by atoms with van der Waals surface area (Å²) in [6.45, 7) is 2.94. The zero-order chi connectivity index (χ0) is 12.3. The van der Waals surface area contributed by atoms with E-state index < -0.39 is 0 Å². The molecule has 1 saturated heterocycles. The number of carbonyl (C=O) groups excluding carboxylic acids is 1. The van der Waals surface area contributed by atoms with Crippen LogP contribution in [0.3, 0.4) is 0 Å². The number of rotatable bonds is 4. The largest absolute Gasteiger partial charge is 0.377 e. The molecule has 3 N–H and O–H groups in total. The number of nitrogens with two attached hydrogens (primary N) is 1. The number of hydrogen-bond donors (Lipinski definition) is 2. The first-order valence-corrected chi connectivity index (χ1v) is 7.32. The average molecular weight is 273 g/mol. The lowest BCUT2D eigenvalue weighted by molar-refractivity contribution is 0.0953. The fourth-order valence-electron chi connectivity index (χ4n) is 1.66. The highest BCUT2D eigenvalue weighted by Gasteiger charge is 2.24. The predicted molar refractivity (Wildman–Crippen MR) is 68.9 cm³/mol. The van der Waals surface area contributed by atoms with Crippen molar-refractivity contribution in [3.8, 4) is 0 Å². The fraction of sp³-hybridized carbons (Fsp3) is 0.600. The zero-order valence-corrected chi connectivity index (χ0v) is 11.1. The molecule has 17 heavy (non-hydrogen) atoms. The van der Waals surface area contributed by atoms with Crippen molar-refractivity contribution in [2.24, 2.45) is 5.84 Å². The van der Waals surface area contributed by atoms with E-state index >= 15 is 0 Å². The molecule has 1 aliphatic heterocycles. The Morgan fingerprint density at radius 1 is 1.82 bits per heavy atom. The SMILES string of the molecule is CC1OCCC1SCc1csc(C(=O)NN)n1. The van der Waals surface area contributed by atoms with Gasteiger partial charge in [0.05, 0.1) is 11.8 Å². The average Bonchev–Trinajstić information content (AvgIpc) is 2.94. The van der Waals surface area contributed by atoms with Gasteiger partial charge in [-0.05, 0) is 13.3 Å². The Hall–Kier alpha value is -0.630. The summed E-state index contributed by atoms with van der Waals surface area (Å²) in [5, 5.41) is 2.85. The van der Waals surface area contributed by atoms with Crippen LogP contribution in [-0.2, 0) is 10.5 Å². The Labute approximate surface area is 108 Å². The summed E-state index contributed by atoms with van der Waals surface area (Å²) in [7, 11) is 0. The Bertz CT molecular complexity index is 397. The van der Waals surface area contributed by atoms with Crippen LogP contribution in [-0.4, -0.2) is 28.9 Å². The smallest absolute Gasteiger partial charge is 0.294 e. The number of amides is 1. The highest BCUT2D eigenvalue weighted by atomic mass is 32.2. The van der Waals surface area contributed by atoms with Crippen LogP contribution in [0.4, 0.5) is 0 Å². The minimum Gasteiger partial charge on any atom is -0.377 e. The number of nitrogen functional groups attached to an aromatic ring is 1. The number of ether oxygens (including phenoxy) is 1. The molecule has 0 radical (unpaired) electrons. The van der Waals surface area contributed by atoms with Crippen LogP contribution >= 0.6 is 23.1 Å². The van der Waals surface area contributed by atoms with Crippen molar-refractivity contribution < 1.29 is 9.53 Å². The molecule has 5 nitrogen and oxygen atoms in total. The van der Waals surface area contributed by atoms with Gasteiger partial charge in [0.15, 0.2) is 5.01 Å². The summed E-state index contributed by atoms with van der Waals surface area (Å²) >= 11 is 3.15. The number of hydrazine groups is 1. The van der Waals surface area contributed by atoms with Crippen LogP contribution in [0.15, 0.2) is 5.38 Å². The molecule has 1 aromatic rings. The summed E-state index contributed by atoms with van der Waals surface area (Å²) in [4.78, 5) is 15.5. The van der Waals surface area contributed by atoms with Crippen molar-refractivity contribution in [1.29, 1.82) is 0 Å². The quantitative estimate of drug-likeness (QED) is 0.489. The number of thioether (sulfide) groups is 1. The van der Waals surface area contributed by atoms with Crippen molar-refractivity contribution in [2.45, 2.75) is 30.5 Å². The molecule has 2 rings (SSSR count). The van der Waals surface area contributed by atoms with Crippen LogP contribution in [0.1, 0.15) is 28.8 Å². The molecular formula is C10H15N3O2S2. The molecule has 1 fully saturated rings. The van der Waals surface area contributed by atoms with Crippen LogP contribution in [0.5, 0.6) is 0 Å². The first-order chi connectivity index (χ1) is 8.20. The lowest BCUT2D eigenvalue weighted by Gasteiger charge is -2.12. The van der Waals surface area contributed by atoms with E-state index in [4.69, 9.17) is 10.6 Å². The number of carbonyl (C=O) groups is 1. The third-order valence-corrected chi connectivity index (χ3v) is 5.03. The highest BCUT2D eigenvalue weighted by molar-refractivity contribution is 7.99. The van der Waals surface area contributed by atoms with E-state index in [0.29, 0.717) is 16.4 Å². The van der Waals surface area contributed by atoms with E-state index in [9.17, 15) is 4.79 Å². The Balaban J connectivity index is 1.86. The van der Waals surface area contributed by atoms with E-state index in [0.717, 1.165) is 24.5 Å². The van der Waals surface area contributed by atoms with Gasteiger partial charge in [-0.3, -0.25) is 10.2 Å². The maximum Gasteiger partial charge on any atom is 0.294 e. The maximum atomic E-state index is 11.2. The van der Waals surface area contributed by atoms with E-state index in [1.54, 1.807) is 0 Å². The highest BCUT2D eigenvalue weighted by Crippen LogP contribution is 2.29. The number of aromatic nitrogens is 1. The van der Waals surface area contributed by atoms with Gasteiger partial charge in [0, 0.05) is 23.0 Å². The Morgan fingerprint density at radius 2 is 2.65 bits per heavy atom. The van der Waals surface area contributed by atoms with Crippen molar-refractivity contribution >= 4 is 29.0 Å². The first-order valence-electron chi connectivity index (χ1n) is 5.39. The molecular weight excluding hydrogens is 258 g/mol. The van der Waals surface area contributed by atoms with Gasteiger partial charge < -0.3 is 4.74 Å². The normalized spacial score (nSPS) is 23.9. The Kier molecular flexibility index (Phi) is 4.38. The molecule has 0 aliphatic carbocycles. The second-order valence-corrected chi connectivity index (χ2v) is 5.92. The monoisotopic (exact) mass is 273 g/mol. The number of thiazole rings is 1. The predicted octanol–water partition coefficient (Wildman–Crippen LogP) is 1.16. The van der Waals surface area contributed by atoms with Crippen molar-refractivity contribution in [2.75, 3.05) is 6.61 Å². The van der Waals surface area contributed by atoms with Gasteiger partial charge in [-0.1, -0.05) is 0 Å². The minimum atomic E-state index is -0.330. The molecule has 1 amide bonds. The van der Waals surface area contributed by atoms with Gasteiger partial charge in [-0.2, -0.15) is 0 Å². The van der Waals surface area contributed by atoms with Gasteiger partial charge in [-0.25, -0.2) is 10.8 Å². The maximum absolute atomic E-state index is 11.2. The fourth-order valence-corrected chi connectivity index (χ4v) is 3.63.